The Kier molecular flexibility index (Phi) is 6.65. The summed E-state index contributed by atoms with van der Waals surface area (Å²) in [5.41, 5.74) is 5.70. The van der Waals surface area contributed by atoms with Crippen molar-refractivity contribution in [2.75, 3.05) is 0 Å². The lowest BCUT2D eigenvalue weighted by Crippen LogP contribution is -2.11. The molecular formula is C26H28O2. The number of hydrogen-bond donors (Lipinski definition) is 0. The van der Waals surface area contributed by atoms with Crippen LogP contribution in [0, 0.1) is 13.8 Å². The molecule has 0 spiro atoms. The third-order valence-corrected chi connectivity index (χ3v) is 5.03. The molecule has 0 radical (unpaired) electrons. The van der Waals surface area contributed by atoms with Crippen molar-refractivity contribution in [2.24, 2.45) is 0 Å². The Balaban J connectivity index is 1.99. The maximum atomic E-state index is 12.1. The molecule has 144 valence electrons. The number of esters is 1. The van der Waals surface area contributed by atoms with E-state index < -0.39 is 0 Å². The van der Waals surface area contributed by atoms with E-state index >= 15 is 0 Å². The van der Waals surface area contributed by atoms with Gasteiger partial charge in [0.2, 0.25) is 0 Å². The predicted octanol–water partition coefficient (Wildman–Crippen LogP) is 6.58. The van der Waals surface area contributed by atoms with E-state index in [0.29, 0.717) is 12.2 Å². The van der Waals surface area contributed by atoms with Gasteiger partial charge in [-0.2, -0.15) is 0 Å². The van der Waals surface area contributed by atoms with E-state index in [-0.39, 0.29) is 11.9 Å². The normalized spacial score (nSPS) is 10.9. The Morgan fingerprint density at radius 2 is 1.32 bits per heavy atom. The molecule has 0 amide bonds. The van der Waals surface area contributed by atoms with Gasteiger partial charge < -0.3 is 4.74 Å². The minimum Gasteiger partial charge on any atom is -0.426 e. The fourth-order valence-electron chi connectivity index (χ4n) is 3.67. The Labute approximate surface area is 168 Å². The van der Waals surface area contributed by atoms with Crippen LogP contribution in [0.4, 0.5) is 0 Å². The topological polar surface area (TPSA) is 26.3 Å². The highest BCUT2D eigenvalue weighted by Gasteiger charge is 2.19. The van der Waals surface area contributed by atoms with E-state index in [1.54, 1.807) is 0 Å². The lowest BCUT2D eigenvalue weighted by molar-refractivity contribution is -0.134. The highest BCUT2D eigenvalue weighted by atomic mass is 16.5. The van der Waals surface area contributed by atoms with Crippen molar-refractivity contribution in [3.8, 4) is 5.75 Å². The zero-order valence-corrected chi connectivity index (χ0v) is 16.9. The fraction of sp³-hybridized carbons (Fsp3) is 0.269. The van der Waals surface area contributed by atoms with Crippen molar-refractivity contribution in [3.63, 3.8) is 0 Å². The number of carbonyl (C=O) groups excluding carboxylic acids is 1. The molecular weight excluding hydrogens is 344 g/mol. The zero-order chi connectivity index (χ0) is 19.9. The average Bonchev–Trinajstić information content (AvgIpc) is 2.71. The van der Waals surface area contributed by atoms with E-state index in [1.807, 2.05) is 26.0 Å². The van der Waals surface area contributed by atoms with Gasteiger partial charge in [0.05, 0.1) is 0 Å². The van der Waals surface area contributed by atoms with Crippen LogP contribution in [0.1, 0.15) is 59.9 Å². The van der Waals surface area contributed by atoms with Crippen molar-refractivity contribution in [3.05, 3.63) is 101 Å². The molecule has 0 aliphatic carbocycles. The Bertz CT molecular complexity index is 851. The minimum atomic E-state index is -0.150. The molecule has 0 bridgehead atoms. The minimum absolute atomic E-state index is 0.143. The molecule has 0 saturated carbocycles. The summed E-state index contributed by atoms with van der Waals surface area (Å²) in [5.74, 6) is 0.692. The summed E-state index contributed by atoms with van der Waals surface area (Å²) in [7, 11) is 0. The molecule has 3 aromatic carbocycles. The zero-order valence-electron chi connectivity index (χ0n) is 16.9. The molecule has 0 aliphatic heterocycles. The summed E-state index contributed by atoms with van der Waals surface area (Å²) in [6.07, 6.45) is 2.31. The first-order chi connectivity index (χ1) is 13.6. The first-order valence-electron chi connectivity index (χ1n) is 10.0. The molecule has 0 atom stereocenters. The first kappa shape index (κ1) is 19.9. The second-order valence-electron chi connectivity index (χ2n) is 7.32. The van der Waals surface area contributed by atoms with Crippen molar-refractivity contribution in [2.45, 2.75) is 46.0 Å². The SMILES string of the molecule is CCCCC(=O)Oc1c(C)cc(C(c2ccccc2)c2ccccc2)cc1C. The van der Waals surface area contributed by atoms with Crippen LogP contribution >= 0.6 is 0 Å². The smallest absolute Gasteiger partial charge is 0.311 e. The van der Waals surface area contributed by atoms with Gasteiger partial charge in [-0.25, -0.2) is 0 Å². The van der Waals surface area contributed by atoms with E-state index in [2.05, 4.69) is 67.6 Å². The summed E-state index contributed by atoms with van der Waals surface area (Å²) in [5, 5.41) is 0. The summed E-state index contributed by atoms with van der Waals surface area (Å²) in [6, 6.07) is 25.4. The number of rotatable bonds is 7. The summed E-state index contributed by atoms with van der Waals surface area (Å²) < 4.78 is 5.69. The van der Waals surface area contributed by atoms with Crippen molar-refractivity contribution in [1.29, 1.82) is 0 Å². The molecule has 0 heterocycles. The largest absolute Gasteiger partial charge is 0.426 e. The Morgan fingerprint density at radius 1 is 0.821 bits per heavy atom. The summed E-state index contributed by atoms with van der Waals surface area (Å²) >= 11 is 0. The number of ether oxygens (including phenoxy) is 1. The van der Waals surface area contributed by atoms with Gasteiger partial charge in [0, 0.05) is 12.3 Å². The maximum Gasteiger partial charge on any atom is 0.311 e. The summed E-state index contributed by atoms with van der Waals surface area (Å²) in [6.45, 7) is 6.11. The number of unbranched alkanes of at least 4 members (excludes halogenated alkanes) is 1. The Hall–Kier alpha value is -2.87. The average molecular weight is 373 g/mol. The standard InChI is InChI=1S/C26H28O2/c1-4-5-16-24(27)28-26-19(2)17-23(18-20(26)3)25(21-12-8-6-9-13-21)22-14-10-7-11-15-22/h6-15,17-18,25H,4-5,16H2,1-3H3. The highest BCUT2D eigenvalue weighted by molar-refractivity contribution is 5.73. The van der Waals surface area contributed by atoms with Crippen molar-refractivity contribution in [1.82, 2.24) is 0 Å². The van der Waals surface area contributed by atoms with Gasteiger partial charge in [-0.1, -0.05) is 86.1 Å². The number of carbonyl (C=O) groups is 1. The van der Waals surface area contributed by atoms with Crippen LogP contribution in [0.2, 0.25) is 0 Å². The van der Waals surface area contributed by atoms with E-state index in [9.17, 15) is 4.79 Å². The number of hydrogen-bond acceptors (Lipinski definition) is 2. The fourth-order valence-corrected chi connectivity index (χ4v) is 3.67. The Morgan fingerprint density at radius 3 is 1.79 bits per heavy atom. The molecule has 3 aromatic rings. The van der Waals surface area contributed by atoms with Gasteiger partial charge in [0.15, 0.2) is 0 Å². The molecule has 0 aliphatic rings. The lowest BCUT2D eigenvalue weighted by Gasteiger charge is -2.21. The molecule has 0 unspecified atom stereocenters. The van der Waals surface area contributed by atoms with Crippen LogP contribution in [0.3, 0.4) is 0 Å². The predicted molar refractivity (Wildman–Crippen MR) is 115 cm³/mol. The van der Waals surface area contributed by atoms with Crippen LogP contribution in [0.25, 0.3) is 0 Å². The first-order valence-corrected chi connectivity index (χ1v) is 10.0. The molecule has 0 N–H and O–H groups in total. The van der Waals surface area contributed by atoms with Gasteiger partial charge in [-0.3, -0.25) is 4.79 Å². The molecule has 0 aromatic heterocycles. The summed E-state index contributed by atoms with van der Waals surface area (Å²) in [4.78, 5) is 12.1. The number of aryl methyl sites for hydroxylation is 2. The van der Waals surface area contributed by atoms with Gasteiger partial charge in [0.1, 0.15) is 5.75 Å². The molecule has 0 fully saturated rings. The second kappa shape index (κ2) is 9.36. The van der Waals surface area contributed by atoms with Crippen molar-refractivity contribution >= 4 is 5.97 Å². The quantitative estimate of drug-likeness (QED) is 0.266. The molecule has 2 nitrogen and oxygen atoms in total. The van der Waals surface area contributed by atoms with Gasteiger partial charge in [0.25, 0.3) is 0 Å². The number of benzene rings is 3. The van der Waals surface area contributed by atoms with E-state index in [1.165, 1.54) is 16.7 Å². The lowest BCUT2D eigenvalue weighted by atomic mass is 9.84. The molecule has 28 heavy (non-hydrogen) atoms. The van der Waals surface area contributed by atoms with Gasteiger partial charge in [-0.05, 0) is 48.1 Å². The van der Waals surface area contributed by atoms with Crippen LogP contribution in [0.15, 0.2) is 72.8 Å². The maximum absolute atomic E-state index is 12.1. The molecule has 3 rings (SSSR count). The van der Waals surface area contributed by atoms with E-state index in [4.69, 9.17) is 4.74 Å². The second-order valence-corrected chi connectivity index (χ2v) is 7.32. The van der Waals surface area contributed by atoms with Crippen molar-refractivity contribution < 1.29 is 9.53 Å². The molecule has 2 heteroatoms. The third-order valence-electron chi connectivity index (χ3n) is 5.03. The van der Waals surface area contributed by atoms with Crippen LogP contribution in [0.5, 0.6) is 5.75 Å². The van der Waals surface area contributed by atoms with Gasteiger partial charge in [-0.15, -0.1) is 0 Å². The highest BCUT2D eigenvalue weighted by Crippen LogP contribution is 2.36. The molecule has 0 saturated heterocycles. The third kappa shape index (κ3) is 4.69. The van der Waals surface area contributed by atoms with Crippen LogP contribution in [-0.4, -0.2) is 5.97 Å². The van der Waals surface area contributed by atoms with Gasteiger partial charge >= 0.3 is 5.97 Å². The monoisotopic (exact) mass is 372 g/mol. The van der Waals surface area contributed by atoms with Crippen LogP contribution < -0.4 is 4.74 Å². The van der Waals surface area contributed by atoms with Crippen LogP contribution in [-0.2, 0) is 4.79 Å². The van der Waals surface area contributed by atoms with E-state index in [0.717, 1.165) is 24.0 Å².